The third-order valence-corrected chi connectivity index (χ3v) is 5.23. The molecular formula is C25H30ClN5O2. The zero-order chi connectivity index (χ0) is 24.0. The molecule has 3 rings (SSSR count). The fourth-order valence-corrected chi connectivity index (χ4v) is 3.33. The molecule has 0 spiro atoms. The lowest BCUT2D eigenvalue weighted by atomic mass is 9.99. The van der Waals surface area contributed by atoms with E-state index in [9.17, 15) is 4.79 Å². The van der Waals surface area contributed by atoms with E-state index in [1.807, 2.05) is 76.2 Å². The summed E-state index contributed by atoms with van der Waals surface area (Å²) in [6.07, 6.45) is 0.266. The molecule has 0 aliphatic rings. The predicted octanol–water partition coefficient (Wildman–Crippen LogP) is 5.94. The maximum absolute atomic E-state index is 12.0. The molecule has 0 saturated heterocycles. The van der Waals surface area contributed by atoms with Crippen LogP contribution in [0, 0.1) is 12.3 Å². The molecule has 7 nitrogen and oxygen atoms in total. The number of hydrogen-bond donors (Lipinski definition) is 3. The van der Waals surface area contributed by atoms with E-state index in [1.165, 1.54) is 0 Å². The molecule has 0 fully saturated rings. The van der Waals surface area contributed by atoms with Gasteiger partial charge in [0.25, 0.3) is 0 Å². The van der Waals surface area contributed by atoms with Crippen LogP contribution in [0.4, 0.5) is 22.2 Å². The number of nitrogens with one attached hydrogen (secondary N) is 2. The van der Waals surface area contributed by atoms with Crippen molar-refractivity contribution in [2.24, 2.45) is 5.41 Å². The average molecular weight is 468 g/mol. The molecule has 0 radical (unpaired) electrons. The van der Waals surface area contributed by atoms with Crippen molar-refractivity contribution in [1.29, 1.82) is 0 Å². The quantitative estimate of drug-likeness (QED) is 0.397. The maximum atomic E-state index is 12.0. The van der Waals surface area contributed by atoms with E-state index in [-0.39, 0.29) is 11.4 Å². The third kappa shape index (κ3) is 7.36. The van der Waals surface area contributed by atoms with E-state index in [1.54, 1.807) is 0 Å². The van der Waals surface area contributed by atoms with Crippen molar-refractivity contribution in [2.75, 3.05) is 29.5 Å². The van der Waals surface area contributed by atoms with Gasteiger partial charge in [0.05, 0.1) is 12.3 Å². The highest BCUT2D eigenvalue weighted by Crippen LogP contribution is 2.28. The molecule has 0 aliphatic carbocycles. The van der Waals surface area contributed by atoms with Gasteiger partial charge in [0.15, 0.2) is 0 Å². The summed E-state index contributed by atoms with van der Waals surface area (Å²) in [6, 6.07) is 15.2. The Morgan fingerprint density at radius 2 is 1.88 bits per heavy atom. The molecular weight excluding hydrogens is 438 g/mol. The summed E-state index contributed by atoms with van der Waals surface area (Å²) in [5, 5.41) is 6.75. The van der Waals surface area contributed by atoms with E-state index in [0.717, 1.165) is 23.1 Å². The summed E-state index contributed by atoms with van der Waals surface area (Å²) < 4.78 is 5.27. The number of amides is 1. The normalized spacial score (nSPS) is 11.2. The van der Waals surface area contributed by atoms with Gasteiger partial charge < -0.3 is 15.8 Å². The number of carbonyl (C=O) groups is 1. The van der Waals surface area contributed by atoms with Gasteiger partial charge in [-0.3, -0.25) is 5.32 Å². The molecule has 4 N–H and O–H groups in total. The van der Waals surface area contributed by atoms with Crippen LogP contribution in [0.1, 0.15) is 31.9 Å². The van der Waals surface area contributed by atoms with Crippen molar-refractivity contribution < 1.29 is 9.53 Å². The number of hydrogen-bond acceptors (Lipinski definition) is 6. The molecule has 3 aromatic rings. The fourth-order valence-electron chi connectivity index (χ4n) is 3.15. The van der Waals surface area contributed by atoms with E-state index < -0.39 is 6.09 Å². The topological polar surface area (TPSA) is 102 Å². The summed E-state index contributed by atoms with van der Waals surface area (Å²) in [5.74, 6) is 0.825. The second-order valence-electron chi connectivity index (χ2n) is 9.05. The summed E-state index contributed by atoms with van der Waals surface area (Å²) >= 11 is 6.25. The van der Waals surface area contributed by atoms with Crippen molar-refractivity contribution in [1.82, 2.24) is 9.97 Å². The van der Waals surface area contributed by atoms with Gasteiger partial charge >= 0.3 is 6.09 Å². The first-order valence-electron chi connectivity index (χ1n) is 10.8. The molecule has 0 atom stereocenters. The summed E-state index contributed by atoms with van der Waals surface area (Å²) in [5.41, 5.74) is 10.2. The van der Waals surface area contributed by atoms with Crippen molar-refractivity contribution in [2.45, 2.75) is 34.1 Å². The first kappa shape index (κ1) is 24.3. The van der Waals surface area contributed by atoms with Crippen LogP contribution in [0.15, 0.2) is 48.5 Å². The molecule has 1 heterocycles. The number of nitrogen functional groups attached to an aromatic ring is 1. The van der Waals surface area contributed by atoms with Crippen LogP contribution in [0.2, 0.25) is 5.02 Å². The minimum Gasteiger partial charge on any atom is -0.449 e. The second-order valence-corrected chi connectivity index (χ2v) is 9.46. The Kier molecular flexibility index (Phi) is 7.76. The van der Waals surface area contributed by atoms with Crippen LogP contribution in [0.5, 0.6) is 0 Å². The van der Waals surface area contributed by atoms with Crippen molar-refractivity contribution in [3.63, 3.8) is 0 Å². The van der Waals surface area contributed by atoms with Gasteiger partial charge in [-0.25, -0.2) is 9.78 Å². The monoisotopic (exact) mass is 467 g/mol. The first-order valence-corrected chi connectivity index (χ1v) is 11.2. The van der Waals surface area contributed by atoms with Gasteiger partial charge in [-0.2, -0.15) is 4.98 Å². The van der Waals surface area contributed by atoms with E-state index >= 15 is 0 Å². The standard InChI is InChI=1S/C25H30ClN5O2/c1-16-19(9-6-10-20(16)26)21-14-22(31-23(27)30-21)28-12-11-17-7-5-8-18(13-17)29-24(32)33-15-25(2,3)4/h5-10,13-14H,11-12,15H2,1-4H3,(H,29,32)(H3,27,28,30,31). The molecule has 2 aromatic carbocycles. The number of aromatic nitrogens is 2. The third-order valence-electron chi connectivity index (χ3n) is 4.82. The molecule has 0 aliphatic heterocycles. The van der Waals surface area contributed by atoms with Crippen LogP contribution in [0.25, 0.3) is 11.3 Å². The second kappa shape index (κ2) is 10.5. The average Bonchev–Trinajstić information content (AvgIpc) is 2.74. The lowest BCUT2D eigenvalue weighted by molar-refractivity contribution is 0.118. The summed E-state index contributed by atoms with van der Waals surface area (Å²) in [6.45, 7) is 8.96. The van der Waals surface area contributed by atoms with Gasteiger partial charge in [0.1, 0.15) is 5.82 Å². The van der Waals surface area contributed by atoms with Crippen LogP contribution in [0.3, 0.4) is 0 Å². The summed E-state index contributed by atoms with van der Waals surface area (Å²) in [4.78, 5) is 20.7. The zero-order valence-electron chi connectivity index (χ0n) is 19.4. The molecule has 1 aromatic heterocycles. The lowest BCUT2D eigenvalue weighted by Crippen LogP contribution is -2.21. The minimum atomic E-state index is -0.458. The van der Waals surface area contributed by atoms with Crippen molar-refractivity contribution in [3.05, 3.63) is 64.7 Å². The van der Waals surface area contributed by atoms with Gasteiger partial charge in [-0.05, 0) is 48.1 Å². The minimum absolute atomic E-state index is 0.0828. The Balaban J connectivity index is 1.61. The number of nitrogens with two attached hydrogens (primary N) is 1. The highest BCUT2D eigenvalue weighted by molar-refractivity contribution is 6.31. The number of rotatable bonds is 7. The Morgan fingerprint density at radius 3 is 2.64 bits per heavy atom. The van der Waals surface area contributed by atoms with Crippen LogP contribution < -0.4 is 16.4 Å². The smallest absolute Gasteiger partial charge is 0.411 e. The molecule has 33 heavy (non-hydrogen) atoms. The van der Waals surface area contributed by atoms with Crippen LogP contribution in [-0.2, 0) is 11.2 Å². The first-order chi connectivity index (χ1) is 15.6. The fraction of sp³-hybridized carbons (Fsp3) is 0.320. The number of ether oxygens (including phenoxy) is 1. The zero-order valence-corrected chi connectivity index (χ0v) is 20.2. The highest BCUT2D eigenvalue weighted by atomic mass is 35.5. The van der Waals surface area contributed by atoms with Gasteiger partial charge in [-0.15, -0.1) is 0 Å². The largest absolute Gasteiger partial charge is 0.449 e. The Bertz CT molecular complexity index is 1130. The predicted molar refractivity (Wildman–Crippen MR) is 135 cm³/mol. The summed E-state index contributed by atoms with van der Waals surface area (Å²) in [7, 11) is 0. The Hall–Kier alpha value is -3.32. The number of carbonyl (C=O) groups excluding carboxylic acids is 1. The Labute approximate surface area is 199 Å². The van der Waals surface area contributed by atoms with Gasteiger partial charge in [-0.1, -0.05) is 56.6 Å². The van der Waals surface area contributed by atoms with E-state index in [2.05, 4.69) is 20.6 Å². The lowest BCUT2D eigenvalue weighted by Gasteiger charge is -2.18. The van der Waals surface area contributed by atoms with Crippen molar-refractivity contribution in [3.8, 4) is 11.3 Å². The van der Waals surface area contributed by atoms with E-state index in [0.29, 0.717) is 35.4 Å². The van der Waals surface area contributed by atoms with Crippen molar-refractivity contribution >= 4 is 35.1 Å². The van der Waals surface area contributed by atoms with Gasteiger partial charge in [0, 0.05) is 28.9 Å². The van der Waals surface area contributed by atoms with E-state index in [4.69, 9.17) is 22.1 Å². The molecule has 8 heteroatoms. The van der Waals surface area contributed by atoms with Crippen LogP contribution in [-0.4, -0.2) is 29.2 Å². The van der Waals surface area contributed by atoms with Crippen LogP contribution >= 0.6 is 11.6 Å². The molecule has 174 valence electrons. The SMILES string of the molecule is Cc1c(Cl)cccc1-c1cc(NCCc2cccc(NC(=O)OCC(C)(C)C)c2)nc(N)n1. The number of halogens is 1. The number of anilines is 3. The Morgan fingerprint density at radius 1 is 1.12 bits per heavy atom. The van der Waals surface area contributed by atoms with Gasteiger partial charge in [0.2, 0.25) is 5.95 Å². The maximum Gasteiger partial charge on any atom is 0.411 e. The number of nitrogens with zero attached hydrogens (tertiary/aromatic N) is 2. The number of benzene rings is 2. The molecule has 1 amide bonds. The molecule has 0 bridgehead atoms. The highest BCUT2D eigenvalue weighted by Gasteiger charge is 2.14. The molecule has 0 saturated carbocycles. The molecule has 0 unspecified atom stereocenters.